The van der Waals surface area contributed by atoms with Crippen molar-refractivity contribution in [1.29, 1.82) is 0 Å². The molecule has 8 heteroatoms. The lowest BCUT2D eigenvalue weighted by Crippen LogP contribution is -2.22. The van der Waals surface area contributed by atoms with Crippen molar-refractivity contribution < 1.29 is 13.9 Å². The number of hydrogen-bond acceptors (Lipinski definition) is 5. The number of halogens is 2. The Balaban J connectivity index is 1.34. The van der Waals surface area contributed by atoms with Gasteiger partial charge in [-0.05, 0) is 47.0 Å². The molecule has 0 unspecified atom stereocenters. The van der Waals surface area contributed by atoms with Gasteiger partial charge in [0.25, 0.3) is 5.91 Å². The van der Waals surface area contributed by atoms with Crippen molar-refractivity contribution in [2.45, 2.75) is 13.2 Å². The molecule has 1 aromatic heterocycles. The molecular formula is C25H19ClFN3O2S. The first kappa shape index (κ1) is 22.6. The fourth-order valence-corrected chi connectivity index (χ4v) is 3.83. The van der Waals surface area contributed by atoms with E-state index in [4.69, 9.17) is 16.3 Å². The Kier molecular flexibility index (Phi) is 7.44. The number of ether oxygens (including phenoxy) is 1. The molecule has 5 nitrogen and oxygen atoms in total. The van der Waals surface area contributed by atoms with Crippen LogP contribution in [0.3, 0.4) is 0 Å². The molecule has 33 heavy (non-hydrogen) atoms. The minimum Gasteiger partial charge on any atom is -0.489 e. The van der Waals surface area contributed by atoms with E-state index in [1.54, 1.807) is 18.2 Å². The van der Waals surface area contributed by atoms with Crippen LogP contribution in [0.4, 0.5) is 4.39 Å². The number of rotatable bonds is 8. The maximum Gasteiger partial charge on any atom is 0.282 e. The van der Waals surface area contributed by atoms with Gasteiger partial charge in [-0.3, -0.25) is 4.79 Å². The molecule has 4 rings (SSSR count). The second-order valence-corrected chi connectivity index (χ2v) is 8.44. The van der Waals surface area contributed by atoms with Crippen LogP contribution in [0.25, 0.3) is 11.1 Å². The Hall–Kier alpha value is -3.55. The number of hydrogen-bond donors (Lipinski definition) is 1. The van der Waals surface area contributed by atoms with Gasteiger partial charge in [0.05, 0.1) is 5.03 Å². The molecule has 4 aromatic rings. The molecule has 0 spiro atoms. The average molecular weight is 480 g/mol. The van der Waals surface area contributed by atoms with Crippen molar-refractivity contribution in [3.63, 3.8) is 0 Å². The summed E-state index contributed by atoms with van der Waals surface area (Å²) in [5.41, 5.74) is 2.74. The minimum atomic E-state index is -0.368. The van der Waals surface area contributed by atoms with E-state index in [2.05, 4.69) is 15.5 Å². The summed E-state index contributed by atoms with van der Waals surface area (Å²) in [7, 11) is 0. The lowest BCUT2D eigenvalue weighted by Gasteiger charge is -2.06. The molecule has 166 valence electrons. The molecule has 0 radical (unpaired) electrons. The van der Waals surface area contributed by atoms with Crippen molar-refractivity contribution in [3.8, 4) is 5.75 Å². The van der Waals surface area contributed by atoms with Crippen LogP contribution in [0, 0.1) is 5.82 Å². The monoisotopic (exact) mass is 479 g/mol. The van der Waals surface area contributed by atoms with Crippen LogP contribution in [-0.4, -0.2) is 16.1 Å². The third-order valence-electron chi connectivity index (χ3n) is 4.61. The standard InChI is InChI=1S/C25H19ClFN3O2S/c26-22(14-17-8-12-21(13-9-17)32-16-19-4-2-1-3-5-19)24-29-30-25(33-24)23(31)28-15-18-6-10-20(27)11-7-18/h1-14H,15-16H2,(H,28,31)/b22-14-. The highest BCUT2D eigenvalue weighted by Crippen LogP contribution is 2.26. The lowest BCUT2D eigenvalue weighted by molar-refractivity contribution is 0.0950. The number of amides is 1. The van der Waals surface area contributed by atoms with Gasteiger partial charge in [-0.1, -0.05) is 77.5 Å². The van der Waals surface area contributed by atoms with Crippen LogP contribution < -0.4 is 10.1 Å². The molecule has 1 N–H and O–H groups in total. The summed E-state index contributed by atoms with van der Waals surface area (Å²) in [6.45, 7) is 0.754. The summed E-state index contributed by atoms with van der Waals surface area (Å²) in [4.78, 5) is 12.3. The third kappa shape index (κ3) is 6.47. The van der Waals surface area contributed by atoms with Gasteiger partial charge in [-0.15, -0.1) is 10.2 Å². The predicted octanol–water partition coefficient (Wildman–Crippen LogP) is 5.92. The summed E-state index contributed by atoms with van der Waals surface area (Å²) >= 11 is 7.49. The van der Waals surface area contributed by atoms with Gasteiger partial charge in [0, 0.05) is 6.54 Å². The zero-order valence-corrected chi connectivity index (χ0v) is 18.9. The normalized spacial score (nSPS) is 11.3. The van der Waals surface area contributed by atoms with Gasteiger partial charge in [0.2, 0.25) is 5.01 Å². The van der Waals surface area contributed by atoms with E-state index in [0.717, 1.165) is 33.8 Å². The highest BCUT2D eigenvalue weighted by atomic mass is 35.5. The number of nitrogens with zero attached hydrogens (tertiary/aromatic N) is 2. The quantitative estimate of drug-likeness (QED) is 0.340. The SMILES string of the molecule is O=C(NCc1ccc(F)cc1)c1nnc(/C(Cl)=C/c2ccc(OCc3ccccc3)cc2)s1. The van der Waals surface area contributed by atoms with Crippen LogP contribution in [-0.2, 0) is 13.2 Å². The molecule has 0 aliphatic heterocycles. The zero-order chi connectivity index (χ0) is 23.0. The predicted molar refractivity (Wildman–Crippen MR) is 128 cm³/mol. The first-order valence-electron chi connectivity index (χ1n) is 10.1. The Bertz CT molecular complexity index is 1240. The van der Waals surface area contributed by atoms with E-state index in [1.807, 2.05) is 54.6 Å². The fraction of sp³-hybridized carbons (Fsp3) is 0.0800. The zero-order valence-electron chi connectivity index (χ0n) is 17.4. The van der Waals surface area contributed by atoms with E-state index in [9.17, 15) is 9.18 Å². The molecule has 0 saturated carbocycles. The van der Waals surface area contributed by atoms with E-state index in [1.165, 1.54) is 12.1 Å². The third-order valence-corrected chi connectivity index (χ3v) is 5.97. The van der Waals surface area contributed by atoms with Gasteiger partial charge in [0.15, 0.2) is 5.01 Å². The summed E-state index contributed by atoms with van der Waals surface area (Å²) in [6.07, 6.45) is 1.75. The largest absolute Gasteiger partial charge is 0.489 e. The Morgan fingerprint density at radius 2 is 1.64 bits per heavy atom. The summed E-state index contributed by atoms with van der Waals surface area (Å²) < 4.78 is 18.8. The number of carbonyl (C=O) groups is 1. The van der Waals surface area contributed by atoms with Gasteiger partial charge < -0.3 is 10.1 Å². The minimum absolute atomic E-state index is 0.198. The first-order chi connectivity index (χ1) is 16.1. The second-order valence-electron chi connectivity index (χ2n) is 7.06. The van der Waals surface area contributed by atoms with E-state index < -0.39 is 0 Å². The molecule has 0 fully saturated rings. The van der Waals surface area contributed by atoms with E-state index in [-0.39, 0.29) is 23.3 Å². The molecule has 0 atom stereocenters. The smallest absolute Gasteiger partial charge is 0.282 e. The maximum absolute atomic E-state index is 13.0. The molecule has 3 aromatic carbocycles. The molecular weight excluding hydrogens is 461 g/mol. The highest BCUT2D eigenvalue weighted by molar-refractivity contribution is 7.15. The number of nitrogens with one attached hydrogen (secondary N) is 1. The number of aromatic nitrogens is 2. The van der Waals surface area contributed by atoms with Crippen molar-refractivity contribution in [1.82, 2.24) is 15.5 Å². The molecule has 0 saturated heterocycles. The van der Waals surface area contributed by atoms with Gasteiger partial charge in [-0.2, -0.15) is 0 Å². The first-order valence-corrected chi connectivity index (χ1v) is 11.3. The van der Waals surface area contributed by atoms with E-state index >= 15 is 0 Å². The number of carbonyl (C=O) groups excluding carboxylic acids is 1. The lowest BCUT2D eigenvalue weighted by atomic mass is 10.2. The molecule has 1 amide bonds. The summed E-state index contributed by atoms with van der Waals surface area (Å²) in [5.74, 6) is 0.0604. The van der Waals surface area contributed by atoms with E-state index in [0.29, 0.717) is 16.6 Å². The van der Waals surface area contributed by atoms with Gasteiger partial charge in [0.1, 0.15) is 18.2 Å². The van der Waals surface area contributed by atoms with Gasteiger partial charge in [-0.25, -0.2) is 4.39 Å². The van der Waals surface area contributed by atoms with Gasteiger partial charge >= 0.3 is 0 Å². The summed E-state index contributed by atoms with van der Waals surface area (Å²) in [5, 5.41) is 11.7. The molecule has 0 aliphatic carbocycles. The number of benzene rings is 3. The Morgan fingerprint density at radius 1 is 0.939 bits per heavy atom. The van der Waals surface area contributed by atoms with Crippen molar-refractivity contribution in [2.75, 3.05) is 0 Å². The summed E-state index contributed by atoms with van der Waals surface area (Å²) in [6, 6.07) is 23.4. The molecule has 0 bridgehead atoms. The highest BCUT2D eigenvalue weighted by Gasteiger charge is 2.14. The van der Waals surface area contributed by atoms with Crippen LogP contribution in [0.1, 0.15) is 31.5 Å². The topological polar surface area (TPSA) is 64.1 Å². The van der Waals surface area contributed by atoms with Crippen LogP contribution in [0.15, 0.2) is 78.9 Å². The average Bonchev–Trinajstić information content (AvgIpc) is 3.34. The second kappa shape index (κ2) is 10.8. The molecule has 0 aliphatic rings. The maximum atomic E-state index is 13.0. The van der Waals surface area contributed by atoms with Crippen LogP contribution >= 0.6 is 22.9 Å². The van der Waals surface area contributed by atoms with Crippen molar-refractivity contribution in [3.05, 3.63) is 111 Å². The Morgan fingerprint density at radius 3 is 2.36 bits per heavy atom. The van der Waals surface area contributed by atoms with Crippen LogP contribution in [0.5, 0.6) is 5.75 Å². The van der Waals surface area contributed by atoms with Crippen LogP contribution in [0.2, 0.25) is 0 Å². The van der Waals surface area contributed by atoms with Crippen molar-refractivity contribution >= 4 is 40.0 Å². The van der Waals surface area contributed by atoms with Crippen molar-refractivity contribution in [2.24, 2.45) is 0 Å². The molecule has 1 heterocycles. The Labute approximate surface area is 199 Å². The fourth-order valence-electron chi connectivity index (χ4n) is 2.88.